The maximum atomic E-state index is 12.0. The molecule has 122 valence electrons. The predicted molar refractivity (Wildman–Crippen MR) is 83.7 cm³/mol. The van der Waals surface area contributed by atoms with Gasteiger partial charge >= 0.3 is 6.09 Å². The van der Waals surface area contributed by atoms with Gasteiger partial charge in [-0.2, -0.15) is 0 Å². The second-order valence-corrected chi connectivity index (χ2v) is 6.78. The molecule has 2 amide bonds. The van der Waals surface area contributed by atoms with Gasteiger partial charge in [-0.25, -0.2) is 4.79 Å². The first-order valence-corrected chi connectivity index (χ1v) is 7.76. The smallest absolute Gasteiger partial charge is 0.407 e. The molecule has 0 radical (unpaired) electrons. The first-order valence-electron chi connectivity index (χ1n) is 7.76. The fourth-order valence-electron chi connectivity index (χ4n) is 2.66. The molecule has 1 saturated carbocycles. The molecule has 1 fully saturated rings. The van der Waals surface area contributed by atoms with E-state index in [2.05, 4.69) is 15.6 Å². The Bertz CT molecular complexity index is 505. The number of aromatic nitrogens is 1. The SMILES string of the molecule is CC(C)(C)OC(=O)N[C@@H]1CCC[C@@H](NC(=O)c2cc[nH]c2)C1. The summed E-state index contributed by atoms with van der Waals surface area (Å²) in [6, 6.07) is 1.87. The molecule has 2 atom stereocenters. The van der Waals surface area contributed by atoms with Crippen molar-refractivity contribution < 1.29 is 14.3 Å². The van der Waals surface area contributed by atoms with Crippen LogP contribution in [0.25, 0.3) is 0 Å². The molecule has 0 spiro atoms. The summed E-state index contributed by atoms with van der Waals surface area (Å²) in [5.41, 5.74) is 0.128. The number of aromatic amines is 1. The van der Waals surface area contributed by atoms with Crippen LogP contribution in [0.2, 0.25) is 0 Å². The van der Waals surface area contributed by atoms with Crippen LogP contribution in [0.4, 0.5) is 4.79 Å². The van der Waals surface area contributed by atoms with Crippen molar-refractivity contribution >= 4 is 12.0 Å². The average Bonchev–Trinajstić information content (AvgIpc) is 2.90. The monoisotopic (exact) mass is 307 g/mol. The summed E-state index contributed by atoms with van der Waals surface area (Å²) in [7, 11) is 0. The van der Waals surface area contributed by atoms with E-state index in [0.29, 0.717) is 5.56 Å². The van der Waals surface area contributed by atoms with Crippen molar-refractivity contribution in [1.29, 1.82) is 0 Å². The van der Waals surface area contributed by atoms with Gasteiger partial charge in [-0.05, 0) is 52.5 Å². The average molecular weight is 307 g/mol. The topological polar surface area (TPSA) is 83.2 Å². The Balaban J connectivity index is 1.81. The molecular formula is C16H25N3O3. The van der Waals surface area contributed by atoms with Gasteiger partial charge in [-0.15, -0.1) is 0 Å². The number of rotatable bonds is 3. The molecule has 0 saturated heterocycles. The third-order valence-electron chi connectivity index (χ3n) is 3.59. The zero-order chi connectivity index (χ0) is 16.2. The molecule has 22 heavy (non-hydrogen) atoms. The summed E-state index contributed by atoms with van der Waals surface area (Å²) in [5, 5.41) is 5.92. The molecule has 0 unspecified atom stereocenters. The lowest BCUT2D eigenvalue weighted by Crippen LogP contribution is -2.46. The zero-order valence-corrected chi connectivity index (χ0v) is 13.4. The summed E-state index contributed by atoms with van der Waals surface area (Å²) in [6.45, 7) is 5.52. The molecule has 1 aliphatic carbocycles. The van der Waals surface area contributed by atoms with Crippen molar-refractivity contribution in [2.45, 2.75) is 64.1 Å². The van der Waals surface area contributed by atoms with Crippen LogP contribution < -0.4 is 10.6 Å². The molecule has 6 nitrogen and oxygen atoms in total. The number of carbonyl (C=O) groups is 2. The second kappa shape index (κ2) is 6.85. The molecule has 2 rings (SSSR count). The van der Waals surface area contributed by atoms with E-state index >= 15 is 0 Å². The van der Waals surface area contributed by atoms with E-state index in [4.69, 9.17) is 4.74 Å². The Morgan fingerprint density at radius 3 is 2.50 bits per heavy atom. The van der Waals surface area contributed by atoms with Gasteiger partial charge in [0.25, 0.3) is 5.91 Å². The number of carbonyl (C=O) groups excluding carboxylic acids is 2. The number of hydrogen-bond acceptors (Lipinski definition) is 3. The fraction of sp³-hybridized carbons (Fsp3) is 0.625. The highest BCUT2D eigenvalue weighted by atomic mass is 16.6. The summed E-state index contributed by atoms with van der Waals surface area (Å²) in [5.74, 6) is -0.0795. The molecule has 1 aromatic rings. The predicted octanol–water partition coefficient (Wildman–Crippen LogP) is 2.58. The number of amides is 2. The summed E-state index contributed by atoms with van der Waals surface area (Å²) >= 11 is 0. The highest BCUT2D eigenvalue weighted by molar-refractivity contribution is 5.94. The normalized spacial score (nSPS) is 22.0. The highest BCUT2D eigenvalue weighted by Crippen LogP contribution is 2.19. The van der Waals surface area contributed by atoms with Gasteiger partial charge in [0.1, 0.15) is 5.60 Å². The van der Waals surface area contributed by atoms with Crippen LogP contribution >= 0.6 is 0 Å². The summed E-state index contributed by atoms with van der Waals surface area (Å²) in [6.07, 6.45) is 6.55. The van der Waals surface area contributed by atoms with Gasteiger partial charge in [0.05, 0.1) is 5.56 Å². The van der Waals surface area contributed by atoms with E-state index < -0.39 is 11.7 Å². The minimum absolute atomic E-state index is 0.0418. The van der Waals surface area contributed by atoms with E-state index in [1.165, 1.54) is 0 Å². The first kappa shape index (κ1) is 16.4. The van der Waals surface area contributed by atoms with Crippen LogP contribution in [-0.4, -0.2) is 34.7 Å². The standard InChI is InChI=1S/C16H25N3O3/c1-16(2,3)22-15(21)19-13-6-4-5-12(9-13)18-14(20)11-7-8-17-10-11/h7-8,10,12-13,17H,4-6,9H2,1-3H3,(H,18,20)(H,19,21)/t12-,13-/m1/s1. The minimum Gasteiger partial charge on any atom is -0.444 e. The van der Waals surface area contributed by atoms with E-state index in [9.17, 15) is 9.59 Å². The Morgan fingerprint density at radius 1 is 1.23 bits per heavy atom. The minimum atomic E-state index is -0.499. The van der Waals surface area contributed by atoms with Gasteiger partial charge in [-0.1, -0.05) is 0 Å². The number of H-pyrrole nitrogens is 1. The molecule has 0 aliphatic heterocycles. The van der Waals surface area contributed by atoms with Crippen molar-refractivity contribution in [1.82, 2.24) is 15.6 Å². The molecule has 3 N–H and O–H groups in total. The molecule has 1 aromatic heterocycles. The highest BCUT2D eigenvalue weighted by Gasteiger charge is 2.26. The van der Waals surface area contributed by atoms with Crippen LogP contribution in [0.1, 0.15) is 56.8 Å². The molecular weight excluding hydrogens is 282 g/mol. The molecule has 1 heterocycles. The number of hydrogen-bond donors (Lipinski definition) is 3. The van der Waals surface area contributed by atoms with Crippen LogP contribution in [-0.2, 0) is 4.74 Å². The first-order chi connectivity index (χ1) is 10.3. The third kappa shape index (κ3) is 5.09. The lowest BCUT2D eigenvalue weighted by molar-refractivity contribution is 0.0489. The maximum Gasteiger partial charge on any atom is 0.407 e. The second-order valence-electron chi connectivity index (χ2n) is 6.78. The molecule has 0 aromatic carbocycles. The third-order valence-corrected chi connectivity index (χ3v) is 3.59. The maximum absolute atomic E-state index is 12.0. The quantitative estimate of drug-likeness (QED) is 0.802. The van der Waals surface area contributed by atoms with Gasteiger partial charge < -0.3 is 20.4 Å². The van der Waals surface area contributed by atoms with Gasteiger partial charge in [0, 0.05) is 24.5 Å². The Labute approximate surface area is 131 Å². The van der Waals surface area contributed by atoms with Crippen LogP contribution in [0.5, 0.6) is 0 Å². The van der Waals surface area contributed by atoms with Crippen LogP contribution in [0.15, 0.2) is 18.5 Å². The number of alkyl carbamates (subject to hydrolysis) is 1. The van der Waals surface area contributed by atoms with Crippen molar-refractivity contribution in [2.24, 2.45) is 0 Å². The number of ether oxygens (including phenoxy) is 1. The van der Waals surface area contributed by atoms with E-state index in [-0.39, 0.29) is 18.0 Å². The molecule has 0 bridgehead atoms. The lowest BCUT2D eigenvalue weighted by atomic mass is 9.91. The summed E-state index contributed by atoms with van der Waals surface area (Å²) < 4.78 is 5.27. The van der Waals surface area contributed by atoms with E-state index in [1.54, 1.807) is 18.5 Å². The molecule has 6 heteroatoms. The van der Waals surface area contributed by atoms with Crippen LogP contribution in [0.3, 0.4) is 0 Å². The van der Waals surface area contributed by atoms with E-state index in [1.807, 2.05) is 20.8 Å². The molecule has 1 aliphatic rings. The van der Waals surface area contributed by atoms with Gasteiger partial charge in [-0.3, -0.25) is 4.79 Å². The van der Waals surface area contributed by atoms with Crippen molar-refractivity contribution in [3.05, 3.63) is 24.0 Å². The van der Waals surface area contributed by atoms with Gasteiger partial charge in [0.2, 0.25) is 0 Å². The lowest BCUT2D eigenvalue weighted by Gasteiger charge is -2.31. The zero-order valence-electron chi connectivity index (χ0n) is 13.4. The largest absolute Gasteiger partial charge is 0.444 e. The van der Waals surface area contributed by atoms with Gasteiger partial charge in [0.15, 0.2) is 0 Å². The van der Waals surface area contributed by atoms with Crippen molar-refractivity contribution in [2.75, 3.05) is 0 Å². The summed E-state index contributed by atoms with van der Waals surface area (Å²) in [4.78, 5) is 26.7. The Morgan fingerprint density at radius 2 is 1.91 bits per heavy atom. The van der Waals surface area contributed by atoms with Crippen LogP contribution in [0, 0.1) is 0 Å². The Kier molecular flexibility index (Phi) is 5.11. The van der Waals surface area contributed by atoms with Crippen molar-refractivity contribution in [3.63, 3.8) is 0 Å². The fourth-order valence-corrected chi connectivity index (χ4v) is 2.66. The van der Waals surface area contributed by atoms with E-state index in [0.717, 1.165) is 25.7 Å². The van der Waals surface area contributed by atoms with Crippen molar-refractivity contribution in [3.8, 4) is 0 Å². The Hall–Kier alpha value is -1.98. The number of nitrogens with one attached hydrogen (secondary N) is 3.